The zero-order chi connectivity index (χ0) is 14.3. The molecule has 19 heavy (non-hydrogen) atoms. The van der Waals surface area contributed by atoms with Crippen molar-refractivity contribution in [2.75, 3.05) is 18.4 Å². The molecule has 0 aliphatic heterocycles. The molecule has 1 N–H and O–H groups in total. The number of carbonyl (C=O) groups is 1. The topological polar surface area (TPSA) is 56.1 Å². The number of anilines is 1. The van der Waals surface area contributed by atoms with Crippen LogP contribution in [0.5, 0.6) is 0 Å². The maximum atomic E-state index is 12.0. The summed E-state index contributed by atoms with van der Waals surface area (Å²) in [5.74, 6) is 0.0108. The van der Waals surface area contributed by atoms with Crippen molar-refractivity contribution in [1.82, 2.24) is 4.90 Å². The van der Waals surface area contributed by atoms with Crippen LogP contribution in [0.1, 0.15) is 25.8 Å². The van der Waals surface area contributed by atoms with Gasteiger partial charge in [-0.2, -0.15) is 5.26 Å². The number of hydrogen-bond donors (Lipinski definition) is 1. The van der Waals surface area contributed by atoms with E-state index in [1.165, 1.54) is 0 Å². The van der Waals surface area contributed by atoms with Gasteiger partial charge >= 0.3 is 0 Å². The van der Waals surface area contributed by atoms with Gasteiger partial charge in [-0.15, -0.1) is 0 Å². The molecular formula is C15H21N3O. The lowest BCUT2D eigenvalue weighted by Gasteiger charge is -2.21. The summed E-state index contributed by atoms with van der Waals surface area (Å²) >= 11 is 0. The molecule has 0 saturated heterocycles. The number of nitrogens with zero attached hydrogens (tertiary/aromatic N) is 2. The van der Waals surface area contributed by atoms with E-state index in [2.05, 4.69) is 11.4 Å². The smallest absolute Gasteiger partial charge is 0.225 e. The summed E-state index contributed by atoms with van der Waals surface area (Å²) in [6.07, 6.45) is 0.201. The first kappa shape index (κ1) is 15.0. The third-order valence-corrected chi connectivity index (χ3v) is 3.01. The standard InChI is InChI=1S/C15H21N3O/c1-4-18(5-2)15(19)10-14(11-16)17-13-8-6-7-12(3)9-13/h6-9,14,17H,4-5,10H2,1-3H3. The van der Waals surface area contributed by atoms with Gasteiger partial charge in [0, 0.05) is 18.8 Å². The Morgan fingerprint density at radius 1 is 1.42 bits per heavy atom. The summed E-state index contributed by atoms with van der Waals surface area (Å²) in [5.41, 5.74) is 2.00. The van der Waals surface area contributed by atoms with Crippen LogP contribution in [-0.4, -0.2) is 29.9 Å². The van der Waals surface area contributed by atoms with Crippen molar-refractivity contribution >= 4 is 11.6 Å². The molecule has 0 aliphatic carbocycles. The van der Waals surface area contributed by atoms with E-state index in [0.717, 1.165) is 11.3 Å². The van der Waals surface area contributed by atoms with Crippen molar-refractivity contribution in [2.45, 2.75) is 33.2 Å². The van der Waals surface area contributed by atoms with E-state index in [-0.39, 0.29) is 12.3 Å². The highest BCUT2D eigenvalue weighted by atomic mass is 16.2. The van der Waals surface area contributed by atoms with Gasteiger partial charge in [-0.1, -0.05) is 12.1 Å². The third kappa shape index (κ3) is 4.63. The number of aryl methyl sites for hydroxylation is 1. The Labute approximate surface area is 115 Å². The molecule has 0 spiro atoms. The fourth-order valence-corrected chi connectivity index (χ4v) is 1.95. The van der Waals surface area contributed by atoms with Gasteiger partial charge in [0.1, 0.15) is 6.04 Å². The minimum atomic E-state index is -0.491. The molecule has 0 aliphatic rings. The van der Waals surface area contributed by atoms with Crippen molar-refractivity contribution in [3.05, 3.63) is 29.8 Å². The second kappa shape index (κ2) is 7.42. The molecule has 102 valence electrons. The summed E-state index contributed by atoms with van der Waals surface area (Å²) in [6.45, 7) is 7.23. The molecule has 4 heteroatoms. The van der Waals surface area contributed by atoms with Crippen LogP contribution in [-0.2, 0) is 4.79 Å². The van der Waals surface area contributed by atoms with E-state index in [9.17, 15) is 4.79 Å². The fourth-order valence-electron chi connectivity index (χ4n) is 1.95. The van der Waals surface area contributed by atoms with Crippen LogP contribution < -0.4 is 5.32 Å². The van der Waals surface area contributed by atoms with E-state index < -0.39 is 6.04 Å². The molecule has 0 radical (unpaired) electrons. The Hall–Kier alpha value is -2.02. The summed E-state index contributed by atoms with van der Waals surface area (Å²) in [7, 11) is 0. The molecule has 0 fully saturated rings. The van der Waals surface area contributed by atoms with E-state index in [1.54, 1.807) is 4.90 Å². The number of amides is 1. The van der Waals surface area contributed by atoms with Crippen molar-refractivity contribution in [3.63, 3.8) is 0 Å². The zero-order valence-electron chi connectivity index (χ0n) is 11.8. The molecule has 1 unspecified atom stereocenters. The second-order valence-corrected chi connectivity index (χ2v) is 4.47. The summed E-state index contributed by atoms with van der Waals surface area (Å²) in [5, 5.41) is 12.2. The molecule has 0 bridgehead atoms. The van der Waals surface area contributed by atoms with Crippen molar-refractivity contribution in [2.24, 2.45) is 0 Å². The monoisotopic (exact) mass is 259 g/mol. The van der Waals surface area contributed by atoms with Crippen LogP contribution in [0.15, 0.2) is 24.3 Å². The van der Waals surface area contributed by atoms with Crippen molar-refractivity contribution in [3.8, 4) is 6.07 Å². The Bertz CT molecular complexity index is 461. The number of nitrogens with one attached hydrogen (secondary N) is 1. The van der Waals surface area contributed by atoms with Gasteiger partial charge in [-0.25, -0.2) is 0 Å². The zero-order valence-corrected chi connectivity index (χ0v) is 11.8. The lowest BCUT2D eigenvalue weighted by Crippen LogP contribution is -2.34. The number of rotatable bonds is 6. The molecule has 0 aromatic heterocycles. The Morgan fingerprint density at radius 2 is 2.11 bits per heavy atom. The highest BCUT2D eigenvalue weighted by Gasteiger charge is 2.16. The van der Waals surface area contributed by atoms with Crippen LogP contribution in [0.3, 0.4) is 0 Å². The van der Waals surface area contributed by atoms with Crippen LogP contribution in [0.4, 0.5) is 5.69 Å². The average Bonchev–Trinajstić information content (AvgIpc) is 2.39. The first-order valence-corrected chi connectivity index (χ1v) is 6.61. The van der Waals surface area contributed by atoms with Gasteiger partial charge in [0.25, 0.3) is 0 Å². The third-order valence-electron chi connectivity index (χ3n) is 3.01. The normalized spacial score (nSPS) is 11.5. The molecule has 0 heterocycles. The minimum absolute atomic E-state index is 0.0108. The Balaban J connectivity index is 2.65. The highest BCUT2D eigenvalue weighted by Crippen LogP contribution is 2.12. The summed E-state index contributed by atoms with van der Waals surface area (Å²) in [4.78, 5) is 13.7. The lowest BCUT2D eigenvalue weighted by molar-refractivity contribution is -0.130. The number of nitriles is 1. The second-order valence-electron chi connectivity index (χ2n) is 4.47. The lowest BCUT2D eigenvalue weighted by atomic mass is 10.1. The number of hydrogen-bond acceptors (Lipinski definition) is 3. The van der Waals surface area contributed by atoms with Gasteiger partial charge in [0.2, 0.25) is 5.91 Å². The van der Waals surface area contributed by atoms with Gasteiger partial charge in [-0.05, 0) is 38.5 Å². The largest absolute Gasteiger partial charge is 0.369 e. The highest BCUT2D eigenvalue weighted by molar-refractivity contribution is 5.77. The van der Waals surface area contributed by atoms with Gasteiger partial charge < -0.3 is 10.2 Å². The Kier molecular flexibility index (Phi) is 5.87. The van der Waals surface area contributed by atoms with E-state index in [4.69, 9.17) is 5.26 Å². The molecule has 1 aromatic rings. The van der Waals surface area contributed by atoms with Gasteiger partial charge in [-0.3, -0.25) is 4.79 Å². The maximum Gasteiger partial charge on any atom is 0.225 e. The van der Waals surface area contributed by atoms with Crippen LogP contribution in [0, 0.1) is 18.3 Å². The summed E-state index contributed by atoms with van der Waals surface area (Å²) < 4.78 is 0. The molecule has 1 amide bonds. The molecular weight excluding hydrogens is 238 g/mol. The SMILES string of the molecule is CCN(CC)C(=O)CC(C#N)Nc1cccc(C)c1. The minimum Gasteiger partial charge on any atom is -0.369 e. The molecule has 0 saturated carbocycles. The van der Waals surface area contributed by atoms with Gasteiger partial charge in [0.15, 0.2) is 0 Å². The molecule has 1 aromatic carbocycles. The maximum absolute atomic E-state index is 12.0. The van der Waals surface area contributed by atoms with Crippen molar-refractivity contribution in [1.29, 1.82) is 5.26 Å². The van der Waals surface area contributed by atoms with E-state index in [1.807, 2.05) is 45.0 Å². The molecule has 1 atom stereocenters. The Morgan fingerprint density at radius 3 is 2.63 bits per heavy atom. The quantitative estimate of drug-likeness (QED) is 0.854. The van der Waals surface area contributed by atoms with Crippen LogP contribution in [0.25, 0.3) is 0 Å². The molecule has 4 nitrogen and oxygen atoms in total. The first-order valence-electron chi connectivity index (χ1n) is 6.61. The summed E-state index contributed by atoms with van der Waals surface area (Å²) in [6, 6.07) is 9.44. The predicted octanol–water partition coefficient (Wildman–Crippen LogP) is 2.56. The fraction of sp³-hybridized carbons (Fsp3) is 0.467. The number of benzene rings is 1. The van der Waals surface area contributed by atoms with Gasteiger partial charge in [0.05, 0.1) is 12.5 Å². The predicted molar refractivity (Wildman–Crippen MR) is 76.7 cm³/mol. The van der Waals surface area contributed by atoms with Crippen LogP contribution in [0.2, 0.25) is 0 Å². The average molecular weight is 259 g/mol. The van der Waals surface area contributed by atoms with E-state index in [0.29, 0.717) is 13.1 Å². The first-order chi connectivity index (χ1) is 9.10. The number of carbonyl (C=O) groups excluding carboxylic acids is 1. The van der Waals surface area contributed by atoms with E-state index >= 15 is 0 Å². The molecule has 1 rings (SSSR count). The van der Waals surface area contributed by atoms with Crippen LogP contribution >= 0.6 is 0 Å². The van der Waals surface area contributed by atoms with Crippen molar-refractivity contribution < 1.29 is 4.79 Å².